The van der Waals surface area contributed by atoms with E-state index in [0.29, 0.717) is 5.58 Å². The van der Waals surface area contributed by atoms with Crippen molar-refractivity contribution in [3.63, 3.8) is 0 Å². The van der Waals surface area contributed by atoms with E-state index >= 15 is 0 Å². The van der Waals surface area contributed by atoms with Gasteiger partial charge in [0.05, 0.1) is 0 Å². The van der Waals surface area contributed by atoms with Gasteiger partial charge in [-0.15, -0.1) is 0 Å². The normalized spacial score (nSPS) is 11.1. The number of halogens is 1. The summed E-state index contributed by atoms with van der Waals surface area (Å²) in [5.41, 5.74) is 1.33. The van der Waals surface area contributed by atoms with Crippen LogP contribution in [0.3, 0.4) is 0 Å². The van der Waals surface area contributed by atoms with Gasteiger partial charge in [0.1, 0.15) is 10.5 Å². The maximum Gasteiger partial charge on any atom is 0.304 e. The molecule has 2 aromatic rings. The molecule has 1 N–H and O–H groups in total. The average molecular weight is 172 g/mol. The van der Waals surface area contributed by atoms with E-state index in [4.69, 9.17) is 21.1 Å². The van der Waals surface area contributed by atoms with Crippen molar-refractivity contribution in [3.05, 3.63) is 17.3 Å². The summed E-state index contributed by atoms with van der Waals surface area (Å²) >= 11 is 5.72. The first-order chi connectivity index (χ1) is 5.20. The van der Waals surface area contributed by atoms with E-state index in [1.165, 1.54) is 0 Å². The summed E-state index contributed by atoms with van der Waals surface area (Å²) in [6, 6.07) is 1.75. The van der Waals surface area contributed by atoms with Gasteiger partial charge in [-0.1, -0.05) is 11.6 Å². The molecule has 2 aromatic heterocycles. The van der Waals surface area contributed by atoms with Crippen LogP contribution in [0.4, 0.5) is 0 Å². The first-order valence-electron chi connectivity index (χ1n) is 3.12. The lowest BCUT2D eigenvalue weighted by Crippen LogP contribution is -1.81. The van der Waals surface area contributed by atoms with Crippen LogP contribution in [0.15, 0.2) is 16.7 Å². The van der Waals surface area contributed by atoms with Crippen molar-refractivity contribution in [1.29, 1.82) is 0 Å². The molecule has 0 amide bonds. The maximum absolute atomic E-state index is 9.04. The Balaban J connectivity index is 2.95. The summed E-state index contributed by atoms with van der Waals surface area (Å²) in [6.45, 7) is 0. The topological polar surface area (TPSA) is 38.3 Å². The fourth-order valence-electron chi connectivity index (χ4n) is 1.10. The molecule has 0 aliphatic rings. The van der Waals surface area contributed by atoms with Crippen molar-refractivity contribution >= 4 is 22.7 Å². The quantitative estimate of drug-likeness (QED) is 0.660. The molecule has 0 spiro atoms. The van der Waals surface area contributed by atoms with E-state index < -0.39 is 0 Å². The number of nitrogens with zero attached hydrogens (tertiary/aromatic N) is 1. The van der Waals surface area contributed by atoms with Crippen LogP contribution in [-0.2, 0) is 7.05 Å². The van der Waals surface area contributed by atoms with Gasteiger partial charge in [-0.05, 0) is 6.07 Å². The van der Waals surface area contributed by atoms with Crippen LogP contribution in [0.1, 0.15) is 0 Å². The Labute approximate surface area is 67.8 Å². The third-order valence-electron chi connectivity index (χ3n) is 1.64. The largest absolute Gasteiger partial charge is 0.480 e. The fourth-order valence-corrected chi connectivity index (χ4v) is 1.37. The van der Waals surface area contributed by atoms with Crippen molar-refractivity contribution < 1.29 is 9.52 Å². The van der Waals surface area contributed by atoms with E-state index in [0.717, 1.165) is 5.52 Å². The monoisotopic (exact) mass is 171 g/mol. The molecule has 2 rings (SSSR count). The smallest absolute Gasteiger partial charge is 0.304 e. The van der Waals surface area contributed by atoms with Crippen LogP contribution < -0.4 is 0 Å². The van der Waals surface area contributed by atoms with Gasteiger partial charge in [0.25, 0.3) is 0 Å². The standard InChI is InChI=1S/C7H6ClNO2/c1-9-3-2-4-6(9)5(8)7(10)11-4/h2-3,10H,1H3. The molecule has 11 heavy (non-hydrogen) atoms. The molecule has 0 unspecified atom stereocenters. The molecule has 0 atom stereocenters. The fraction of sp³-hybridized carbons (Fsp3) is 0.143. The summed E-state index contributed by atoms with van der Waals surface area (Å²) in [6.07, 6.45) is 1.82. The van der Waals surface area contributed by atoms with E-state index in [1.54, 1.807) is 10.6 Å². The number of aromatic nitrogens is 1. The zero-order valence-electron chi connectivity index (χ0n) is 5.84. The summed E-state index contributed by atoms with van der Waals surface area (Å²) in [5.74, 6) is -0.215. The molecule has 0 radical (unpaired) electrons. The van der Waals surface area contributed by atoms with Crippen molar-refractivity contribution in [2.75, 3.05) is 0 Å². The second-order valence-electron chi connectivity index (χ2n) is 2.36. The average Bonchev–Trinajstić information content (AvgIpc) is 2.41. The van der Waals surface area contributed by atoms with Crippen molar-refractivity contribution in [2.24, 2.45) is 7.05 Å². The lowest BCUT2D eigenvalue weighted by atomic mass is 10.5. The number of hydrogen-bond donors (Lipinski definition) is 1. The number of aromatic hydroxyl groups is 1. The van der Waals surface area contributed by atoms with Gasteiger partial charge in [0, 0.05) is 13.2 Å². The lowest BCUT2D eigenvalue weighted by molar-refractivity contribution is 0.346. The molecule has 0 aromatic carbocycles. The number of furan rings is 1. The predicted molar refractivity (Wildman–Crippen MR) is 41.9 cm³/mol. The SMILES string of the molecule is Cn1ccc2oc(O)c(Cl)c21. The van der Waals surface area contributed by atoms with Gasteiger partial charge >= 0.3 is 5.95 Å². The number of fused-ring (bicyclic) bond motifs is 1. The number of hydrogen-bond acceptors (Lipinski definition) is 2. The Morgan fingerprint density at radius 1 is 1.64 bits per heavy atom. The van der Waals surface area contributed by atoms with E-state index in [2.05, 4.69) is 0 Å². The highest BCUT2D eigenvalue weighted by molar-refractivity contribution is 6.36. The first-order valence-corrected chi connectivity index (χ1v) is 3.50. The Morgan fingerprint density at radius 2 is 2.36 bits per heavy atom. The highest BCUT2D eigenvalue weighted by Crippen LogP contribution is 2.35. The van der Waals surface area contributed by atoms with E-state index in [1.807, 2.05) is 13.2 Å². The number of rotatable bonds is 0. The summed E-state index contributed by atoms with van der Waals surface area (Å²) in [4.78, 5) is 0. The molecule has 2 heterocycles. The van der Waals surface area contributed by atoms with Gasteiger partial charge in [0.15, 0.2) is 5.58 Å². The highest BCUT2D eigenvalue weighted by Gasteiger charge is 2.13. The lowest BCUT2D eigenvalue weighted by Gasteiger charge is -1.89. The molecular formula is C7H6ClNO2. The van der Waals surface area contributed by atoms with Gasteiger partial charge in [0.2, 0.25) is 0 Å². The van der Waals surface area contributed by atoms with Gasteiger partial charge in [-0.25, -0.2) is 0 Å². The Hall–Kier alpha value is -1.09. The molecule has 0 aliphatic heterocycles. The van der Waals surface area contributed by atoms with Crippen molar-refractivity contribution in [1.82, 2.24) is 4.57 Å². The third-order valence-corrected chi connectivity index (χ3v) is 1.98. The zero-order valence-corrected chi connectivity index (χ0v) is 6.59. The second kappa shape index (κ2) is 1.95. The Morgan fingerprint density at radius 3 is 3.00 bits per heavy atom. The molecule has 0 saturated heterocycles. The summed E-state index contributed by atoms with van der Waals surface area (Å²) < 4.78 is 6.71. The molecule has 0 bridgehead atoms. The van der Waals surface area contributed by atoms with Crippen LogP contribution in [0.5, 0.6) is 5.95 Å². The third kappa shape index (κ3) is 0.744. The van der Waals surface area contributed by atoms with Gasteiger partial charge in [-0.3, -0.25) is 0 Å². The Kier molecular flexibility index (Phi) is 1.17. The molecule has 0 saturated carbocycles. The summed E-state index contributed by atoms with van der Waals surface area (Å²) in [7, 11) is 1.84. The molecule has 0 aliphatic carbocycles. The van der Waals surface area contributed by atoms with Crippen LogP contribution in [-0.4, -0.2) is 9.67 Å². The van der Waals surface area contributed by atoms with E-state index in [-0.39, 0.29) is 11.0 Å². The van der Waals surface area contributed by atoms with Crippen LogP contribution in [0.25, 0.3) is 11.1 Å². The summed E-state index contributed by atoms with van der Waals surface area (Å²) in [5, 5.41) is 9.32. The zero-order chi connectivity index (χ0) is 8.01. The van der Waals surface area contributed by atoms with Crippen LogP contribution in [0, 0.1) is 0 Å². The second-order valence-corrected chi connectivity index (χ2v) is 2.74. The maximum atomic E-state index is 9.04. The van der Waals surface area contributed by atoms with Crippen molar-refractivity contribution in [3.8, 4) is 5.95 Å². The van der Waals surface area contributed by atoms with Gasteiger partial charge in [-0.2, -0.15) is 0 Å². The van der Waals surface area contributed by atoms with Crippen LogP contribution in [0.2, 0.25) is 5.02 Å². The molecular weight excluding hydrogens is 166 g/mol. The first kappa shape index (κ1) is 6.61. The minimum atomic E-state index is -0.215. The predicted octanol–water partition coefficient (Wildman–Crippen LogP) is 2.13. The van der Waals surface area contributed by atoms with Crippen molar-refractivity contribution in [2.45, 2.75) is 0 Å². The minimum absolute atomic E-state index is 0.215. The minimum Gasteiger partial charge on any atom is -0.480 e. The molecule has 58 valence electrons. The van der Waals surface area contributed by atoms with Gasteiger partial charge < -0.3 is 14.1 Å². The molecule has 0 fully saturated rings. The van der Waals surface area contributed by atoms with Crippen LogP contribution >= 0.6 is 11.6 Å². The number of aryl methyl sites for hydroxylation is 1. The Bertz CT molecular complexity index is 402. The highest BCUT2D eigenvalue weighted by atomic mass is 35.5. The van der Waals surface area contributed by atoms with E-state index in [9.17, 15) is 0 Å². The molecule has 4 heteroatoms. The molecule has 3 nitrogen and oxygen atoms in total.